The molecule has 1 atom stereocenters. The van der Waals surface area contributed by atoms with Crippen molar-refractivity contribution in [3.8, 4) is 0 Å². The van der Waals surface area contributed by atoms with Crippen molar-refractivity contribution in [2.45, 2.75) is 17.8 Å². The van der Waals surface area contributed by atoms with Gasteiger partial charge in [0.05, 0.1) is 4.83 Å². The molecule has 1 amide bonds. The molecule has 0 radical (unpaired) electrons. The van der Waals surface area contributed by atoms with E-state index in [-0.39, 0.29) is 23.1 Å². The van der Waals surface area contributed by atoms with Gasteiger partial charge in [-0.25, -0.2) is 4.39 Å². The minimum atomic E-state index is -0.297. The van der Waals surface area contributed by atoms with E-state index in [0.717, 1.165) is 5.33 Å². The second-order valence-electron chi connectivity index (χ2n) is 3.25. The van der Waals surface area contributed by atoms with Gasteiger partial charge in [0.1, 0.15) is 5.82 Å². The van der Waals surface area contributed by atoms with Gasteiger partial charge < -0.3 is 5.32 Å². The molecule has 1 aromatic rings. The van der Waals surface area contributed by atoms with Gasteiger partial charge in [-0.2, -0.15) is 0 Å². The van der Waals surface area contributed by atoms with Crippen molar-refractivity contribution in [1.82, 2.24) is 5.32 Å². The van der Waals surface area contributed by atoms with Crippen LogP contribution in [0.15, 0.2) is 24.3 Å². The Balaban J connectivity index is 2.46. The van der Waals surface area contributed by atoms with Crippen molar-refractivity contribution in [2.75, 3.05) is 5.33 Å². The van der Waals surface area contributed by atoms with Gasteiger partial charge >= 0.3 is 0 Å². The van der Waals surface area contributed by atoms with Gasteiger partial charge in [0.25, 0.3) is 0 Å². The number of hydrogen-bond donors (Lipinski definition) is 1. The van der Waals surface area contributed by atoms with Gasteiger partial charge in [-0.05, 0) is 12.5 Å². The first kappa shape index (κ1) is 13.6. The molecular weight excluding hydrogens is 341 g/mol. The summed E-state index contributed by atoms with van der Waals surface area (Å²) in [7, 11) is 0. The molecule has 0 aliphatic rings. The van der Waals surface area contributed by atoms with Crippen molar-refractivity contribution in [1.29, 1.82) is 0 Å². The molecule has 5 heteroatoms. The van der Waals surface area contributed by atoms with Crippen molar-refractivity contribution in [3.05, 3.63) is 35.6 Å². The van der Waals surface area contributed by atoms with Gasteiger partial charge in [-0.1, -0.05) is 50.1 Å². The molecule has 0 unspecified atom stereocenters. The number of halogens is 3. The van der Waals surface area contributed by atoms with Crippen LogP contribution in [0, 0.1) is 5.82 Å². The highest BCUT2D eigenvalue weighted by atomic mass is 79.9. The number of benzene rings is 1. The lowest BCUT2D eigenvalue weighted by Crippen LogP contribution is -2.31. The monoisotopic (exact) mass is 351 g/mol. The van der Waals surface area contributed by atoms with Crippen LogP contribution < -0.4 is 5.32 Å². The number of alkyl halides is 2. The highest BCUT2D eigenvalue weighted by Gasteiger charge is 2.13. The Labute approximate surface area is 111 Å². The summed E-state index contributed by atoms with van der Waals surface area (Å²) in [6.07, 6.45) is 0.698. The fourth-order valence-electron chi connectivity index (χ4n) is 1.16. The predicted molar refractivity (Wildman–Crippen MR) is 69.4 cm³/mol. The lowest BCUT2D eigenvalue weighted by molar-refractivity contribution is -0.120. The Bertz CT molecular complexity index is 360. The lowest BCUT2D eigenvalue weighted by Gasteiger charge is -2.09. The number of rotatable bonds is 5. The van der Waals surface area contributed by atoms with E-state index in [9.17, 15) is 9.18 Å². The van der Waals surface area contributed by atoms with Crippen molar-refractivity contribution < 1.29 is 9.18 Å². The molecule has 1 rings (SSSR count). The lowest BCUT2D eigenvalue weighted by atomic mass is 10.2. The van der Waals surface area contributed by atoms with Crippen LogP contribution in [0.4, 0.5) is 4.39 Å². The first-order valence-electron chi connectivity index (χ1n) is 4.86. The Morgan fingerprint density at radius 1 is 1.44 bits per heavy atom. The maximum atomic E-state index is 13.2. The zero-order chi connectivity index (χ0) is 12.0. The van der Waals surface area contributed by atoms with E-state index in [1.54, 1.807) is 18.2 Å². The molecular formula is C11H12Br2FNO. The summed E-state index contributed by atoms with van der Waals surface area (Å²) < 4.78 is 13.2. The van der Waals surface area contributed by atoms with Crippen LogP contribution in [-0.2, 0) is 11.3 Å². The summed E-state index contributed by atoms with van der Waals surface area (Å²) in [5.41, 5.74) is 0.495. The Morgan fingerprint density at radius 2 is 2.12 bits per heavy atom. The SMILES string of the molecule is O=C(NCc1ccccc1F)[C@@H](Br)CCBr. The van der Waals surface area contributed by atoms with Crippen LogP contribution in [0.1, 0.15) is 12.0 Å². The van der Waals surface area contributed by atoms with Crippen LogP contribution in [-0.4, -0.2) is 16.1 Å². The van der Waals surface area contributed by atoms with E-state index < -0.39 is 0 Å². The number of carbonyl (C=O) groups excluding carboxylic acids is 1. The number of carbonyl (C=O) groups is 1. The summed E-state index contributed by atoms with van der Waals surface area (Å²) in [4.78, 5) is 11.3. The predicted octanol–water partition coefficient (Wildman–Crippen LogP) is 2.99. The second kappa shape index (κ2) is 7.01. The van der Waals surface area contributed by atoms with E-state index in [4.69, 9.17) is 0 Å². The number of nitrogens with one attached hydrogen (secondary N) is 1. The average Bonchev–Trinajstić information content (AvgIpc) is 2.28. The Kier molecular flexibility index (Phi) is 5.98. The third-order valence-electron chi connectivity index (χ3n) is 2.06. The van der Waals surface area contributed by atoms with Crippen LogP contribution in [0.5, 0.6) is 0 Å². The summed E-state index contributed by atoms with van der Waals surface area (Å²) in [6, 6.07) is 6.41. The molecule has 16 heavy (non-hydrogen) atoms. The third-order valence-corrected chi connectivity index (χ3v) is 3.39. The minimum absolute atomic E-state index is 0.122. The van der Waals surface area contributed by atoms with Crippen LogP contribution in [0.25, 0.3) is 0 Å². The molecule has 1 N–H and O–H groups in total. The average molecular weight is 353 g/mol. The Hall–Kier alpha value is -0.420. The van der Waals surface area contributed by atoms with Crippen molar-refractivity contribution >= 4 is 37.8 Å². The molecule has 1 aromatic carbocycles. The van der Waals surface area contributed by atoms with Gasteiger partial charge in [-0.15, -0.1) is 0 Å². The zero-order valence-electron chi connectivity index (χ0n) is 8.55. The van der Waals surface area contributed by atoms with Crippen LogP contribution in [0.3, 0.4) is 0 Å². The van der Waals surface area contributed by atoms with E-state index in [2.05, 4.69) is 37.2 Å². The first-order valence-corrected chi connectivity index (χ1v) is 6.90. The maximum absolute atomic E-state index is 13.2. The number of hydrogen-bond acceptors (Lipinski definition) is 1. The largest absolute Gasteiger partial charge is 0.351 e. The number of amides is 1. The normalized spacial score (nSPS) is 12.2. The molecule has 0 heterocycles. The van der Waals surface area contributed by atoms with Crippen LogP contribution >= 0.6 is 31.9 Å². The molecule has 0 saturated carbocycles. The maximum Gasteiger partial charge on any atom is 0.234 e. The van der Waals surface area contributed by atoms with E-state index in [1.165, 1.54) is 6.07 Å². The molecule has 0 aliphatic heterocycles. The van der Waals surface area contributed by atoms with Crippen molar-refractivity contribution in [3.63, 3.8) is 0 Å². The summed E-state index contributed by atoms with van der Waals surface area (Å²) >= 11 is 6.52. The zero-order valence-corrected chi connectivity index (χ0v) is 11.7. The summed E-state index contributed by atoms with van der Waals surface area (Å²) in [5.74, 6) is -0.419. The van der Waals surface area contributed by atoms with Crippen molar-refractivity contribution in [2.24, 2.45) is 0 Å². The van der Waals surface area contributed by atoms with Gasteiger partial charge in [0.15, 0.2) is 0 Å². The smallest absolute Gasteiger partial charge is 0.234 e. The van der Waals surface area contributed by atoms with Gasteiger partial charge in [0.2, 0.25) is 5.91 Å². The molecule has 2 nitrogen and oxygen atoms in total. The molecule has 88 valence electrons. The first-order chi connectivity index (χ1) is 7.65. The molecule has 0 aliphatic carbocycles. The fraction of sp³-hybridized carbons (Fsp3) is 0.364. The highest BCUT2D eigenvalue weighted by molar-refractivity contribution is 9.10. The summed E-state index contributed by atoms with van der Waals surface area (Å²) in [6.45, 7) is 0.218. The second-order valence-corrected chi connectivity index (χ2v) is 5.15. The third kappa shape index (κ3) is 4.22. The molecule has 0 aromatic heterocycles. The summed E-state index contributed by atoms with van der Waals surface area (Å²) in [5, 5.41) is 3.42. The molecule has 0 saturated heterocycles. The van der Waals surface area contributed by atoms with E-state index >= 15 is 0 Å². The van der Waals surface area contributed by atoms with Gasteiger partial charge in [-0.3, -0.25) is 4.79 Å². The Morgan fingerprint density at radius 3 is 2.75 bits per heavy atom. The minimum Gasteiger partial charge on any atom is -0.351 e. The van der Waals surface area contributed by atoms with E-state index in [1.807, 2.05) is 0 Å². The molecule has 0 fully saturated rings. The molecule has 0 bridgehead atoms. The standard InChI is InChI=1S/C11H12Br2FNO/c12-6-5-9(13)11(16)15-7-8-3-1-2-4-10(8)14/h1-4,9H,5-7H2,(H,15,16)/t9-/m0/s1. The topological polar surface area (TPSA) is 29.1 Å². The van der Waals surface area contributed by atoms with Crippen LogP contribution in [0.2, 0.25) is 0 Å². The molecule has 0 spiro atoms. The quantitative estimate of drug-likeness (QED) is 0.811. The van der Waals surface area contributed by atoms with E-state index in [0.29, 0.717) is 12.0 Å². The fourth-order valence-corrected chi connectivity index (χ4v) is 2.62. The highest BCUT2D eigenvalue weighted by Crippen LogP contribution is 2.09. The van der Waals surface area contributed by atoms with Gasteiger partial charge in [0, 0.05) is 17.4 Å².